The molecule has 0 saturated carbocycles. The molecule has 7 heteroatoms. The molecule has 5 rings (SSSR count). The van der Waals surface area contributed by atoms with Crippen LogP contribution < -0.4 is 4.90 Å². The van der Waals surface area contributed by atoms with Crippen molar-refractivity contribution in [2.45, 2.75) is 38.2 Å². The molecule has 0 N–H and O–H groups in total. The van der Waals surface area contributed by atoms with Crippen LogP contribution in [0.5, 0.6) is 0 Å². The molecule has 0 spiro atoms. The van der Waals surface area contributed by atoms with Gasteiger partial charge in [-0.05, 0) is 43.4 Å². The highest BCUT2D eigenvalue weighted by atomic mass is 32.1. The Hall–Kier alpha value is -2.77. The molecule has 2 fully saturated rings. The number of para-hydroxylation sites is 1. The lowest BCUT2D eigenvalue weighted by Gasteiger charge is -2.35. The summed E-state index contributed by atoms with van der Waals surface area (Å²) in [5, 5.41) is 0.726. The highest BCUT2D eigenvalue weighted by Gasteiger charge is 2.34. The lowest BCUT2D eigenvalue weighted by atomic mass is 9.95. The molecule has 2 amide bonds. The van der Waals surface area contributed by atoms with E-state index in [1.54, 1.807) is 11.3 Å². The fraction of sp³-hybridized carbons (Fsp3) is 0.423. The van der Waals surface area contributed by atoms with Crippen LogP contribution >= 0.6 is 11.3 Å². The number of thiazole rings is 1. The Morgan fingerprint density at radius 1 is 1.06 bits per heavy atom. The Morgan fingerprint density at radius 2 is 1.88 bits per heavy atom. The average molecular weight is 464 g/mol. The van der Waals surface area contributed by atoms with Crippen molar-refractivity contribution in [1.29, 1.82) is 0 Å². The SMILES string of the molecule is O=C(Cc1ccccc1)N1CCCC(C(=O)N(CC2CCCO2)c2nc3ccccc3s2)C1. The summed E-state index contributed by atoms with van der Waals surface area (Å²) in [5.41, 5.74) is 1.91. The number of amides is 2. The van der Waals surface area contributed by atoms with E-state index in [-0.39, 0.29) is 23.8 Å². The van der Waals surface area contributed by atoms with Crippen LogP contribution in [0.1, 0.15) is 31.2 Å². The predicted molar refractivity (Wildman–Crippen MR) is 130 cm³/mol. The van der Waals surface area contributed by atoms with Crippen LogP contribution in [0.2, 0.25) is 0 Å². The van der Waals surface area contributed by atoms with Gasteiger partial charge in [-0.1, -0.05) is 53.8 Å². The zero-order valence-electron chi connectivity index (χ0n) is 18.7. The van der Waals surface area contributed by atoms with Gasteiger partial charge in [0.15, 0.2) is 5.13 Å². The van der Waals surface area contributed by atoms with Gasteiger partial charge in [0.2, 0.25) is 11.8 Å². The summed E-state index contributed by atoms with van der Waals surface area (Å²) in [5.74, 6) is -0.0713. The van der Waals surface area contributed by atoms with Gasteiger partial charge in [0.1, 0.15) is 0 Å². The van der Waals surface area contributed by atoms with Gasteiger partial charge in [-0.2, -0.15) is 0 Å². The maximum absolute atomic E-state index is 13.8. The first-order chi connectivity index (χ1) is 16.2. The number of aromatic nitrogens is 1. The average Bonchev–Trinajstić information content (AvgIpc) is 3.52. The second kappa shape index (κ2) is 10.0. The van der Waals surface area contributed by atoms with Crippen molar-refractivity contribution < 1.29 is 14.3 Å². The van der Waals surface area contributed by atoms with Gasteiger partial charge < -0.3 is 9.64 Å². The summed E-state index contributed by atoms with van der Waals surface area (Å²) in [6.07, 6.45) is 4.03. The normalized spacial score (nSPS) is 20.8. The standard InChI is InChI=1S/C26H29N3O3S/c30-24(16-19-8-2-1-3-9-19)28-14-6-10-20(17-28)25(31)29(18-21-11-7-15-32-21)26-27-22-12-4-5-13-23(22)33-26/h1-5,8-9,12-13,20-21H,6-7,10-11,14-18H2. The number of nitrogens with zero attached hydrogens (tertiary/aromatic N) is 3. The van der Waals surface area contributed by atoms with Gasteiger partial charge >= 0.3 is 0 Å². The third-order valence-electron chi connectivity index (χ3n) is 6.51. The molecule has 2 aromatic carbocycles. The van der Waals surface area contributed by atoms with E-state index >= 15 is 0 Å². The largest absolute Gasteiger partial charge is 0.376 e. The first-order valence-electron chi connectivity index (χ1n) is 11.8. The summed E-state index contributed by atoms with van der Waals surface area (Å²) in [6.45, 7) is 2.45. The lowest BCUT2D eigenvalue weighted by molar-refractivity contribution is -0.134. The van der Waals surface area contributed by atoms with Gasteiger partial charge in [0.25, 0.3) is 0 Å². The van der Waals surface area contributed by atoms with E-state index in [0.29, 0.717) is 26.1 Å². The second-order valence-corrected chi connectivity index (χ2v) is 9.90. The number of ether oxygens (including phenoxy) is 1. The van der Waals surface area contributed by atoms with Crippen LogP contribution in [-0.4, -0.2) is 54.0 Å². The first kappa shape index (κ1) is 22.0. The fourth-order valence-electron chi connectivity index (χ4n) is 4.74. The summed E-state index contributed by atoms with van der Waals surface area (Å²) < 4.78 is 6.93. The van der Waals surface area contributed by atoms with Crippen molar-refractivity contribution in [3.05, 3.63) is 60.2 Å². The number of hydrogen-bond acceptors (Lipinski definition) is 5. The summed E-state index contributed by atoms with van der Waals surface area (Å²) in [6, 6.07) is 17.8. The first-order valence-corrected chi connectivity index (χ1v) is 12.6. The van der Waals surface area contributed by atoms with Crippen LogP contribution in [0.15, 0.2) is 54.6 Å². The molecular weight excluding hydrogens is 434 g/mol. The molecule has 3 aromatic rings. The topological polar surface area (TPSA) is 62.7 Å². The van der Waals surface area contributed by atoms with Gasteiger partial charge in [-0.3, -0.25) is 14.5 Å². The Kier molecular flexibility index (Phi) is 6.69. The number of anilines is 1. The number of benzene rings is 2. The Morgan fingerprint density at radius 3 is 2.67 bits per heavy atom. The third-order valence-corrected chi connectivity index (χ3v) is 7.57. The van der Waals surface area contributed by atoms with Crippen molar-refractivity contribution in [3.8, 4) is 0 Å². The van der Waals surface area contributed by atoms with E-state index in [1.165, 1.54) is 0 Å². The van der Waals surface area contributed by atoms with E-state index in [9.17, 15) is 9.59 Å². The summed E-state index contributed by atoms with van der Waals surface area (Å²) >= 11 is 1.55. The minimum absolute atomic E-state index is 0.0420. The number of rotatable bonds is 6. The molecule has 0 bridgehead atoms. The van der Waals surface area contributed by atoms with Crippen molar-refractivity contribution in [2.75, 3.05) is 31.1 Å². The van der Waals surface area contributed by atoms with Gasteiger partial charge in [-0.15, -0.1) is 0 Å². The van der Waals surface area contributed by atoms with Crippen molar-refractivity contribution in [1.82, 2.24) is 9.88 Å². The van der Waals surface area contributed by atoms with Crippen LogP contribution in [0.4, 0.5) is 5.13 Å². The zero-order valence-corrected chi connectivity index (χ0v) is 19.5. The fourth-order valence-corrected chi connectivity index (χ4v) is 5.72. The summed E-state index contributed by atoms with van der Waals surface area (Å²) in [4.78, 5) is 35.2. The Balaban J connectivity index is 1.33. The Bertz CT molecular complexity index is 1080. The van der Waals surface area contributed by atoms with Crippen molar-refractivity contribution in [2.24, 2.45) is 5.92 Å². The summed E-state index contributed by atoms with van der Waals surface area (Å²) in [7, 11) is 0. The molecule has 172 valence electrons. The van der Waals surface area contributed by atoms with Crippen molar-refractivity contribution in [3.63, 3.8) is 0 Å². The van der Waals surface area contributed by atoms with Gasteiger partial charge in [-0.25, -0.2) is 4.98 Å². The molecule has 33 heavy (non-hydrogen) atoms. The van der Waals surface area contributed by atoms with Crippen LogP contribution in [-0.2, 0) is 20.7 Å². The van der Waals surface area contributed by atoms with Gasteiger partial charge in [0, 0.05) is 19.7 Å². The number of likely N-dealkylation sites (tertiary alicyclic amines) is 1. The maximum Gasteiger partial charge on any atom is 0.233 e. The highest BCUT2D eigenvalue weighted by Crippen LogP contribution is 2.32. The monoisotopic (exact) mass is 463 g/mol. The molecule has 2 aliphatic heterocycles. The quantitative estimate of drug-likeness (QED) is 0.547. The molecule has 2 atom stereocenters. The zero-order chi connectivity index (χ0) is 22.6. The number of piperidine rings is 1. The van der Waals surface area contributed by atoms with Crippen LogP contribution in [0.25, 0.3) is 10.2 Å². The van der Waals surface area contributed by atoms with E-state index in [1.807, 2.05) is 64.4 Å². The molecule has 6 nitrogen and oxygen atoms in total. The molecule has 2 saturated heterocycles. The molecule has 2 unspecified atom stereocenters. The van der Waals surface area contributed by atoms with Gasteiger partial charge in [0.05, 0.1) is 35.2 Å². The molecule has 3 heterocycles. The number of fused-ring (bicyclic) bond motifs is 1. The number of hydrogen-bond donors (Lipinski definition) is 0. The molecule has 1 aromatic heterocycles. The van der Waals surface area contributed by atoms with E-state index in [2.05, 4.69) is 0 Å². The van der Waals surface area contributed by atoms with Crippen molar-refractivity contribution >= 4 is 38.5 Å². The second-order valence-electron chi connectivity index (χ2n) is 8.89. The molecule has 0 radical (unpaired) electrons. The molecule has 2 aliphatic rings. The molecular formula is C26H29N3O3S. The predicted octanol–water partition coefficient (Wildman–Crippen LogP) is 4.29. The maximum atomic E-state index is 13.8. The lowest BCUT2D eigenvalue weighted by Crippen LogP contribution is -2.48. The minimum atomic E-state index is -0.216. The molecule has 0 aliphatic carbocycles. The minimum Gasteiger partial charge on any atom is -0.376 e. The van der Waals surface area contributed by atoms with Crippen LogP contribution in [0, 0.1) is 5.92 Å². The van der Waals surface area contributed by atoms with E-state index < -0.39 is 0 Å². The van der Waals surface area contributed by atoms with Crippen LogP contribution in [0.3, 0.4) is 0 Å². The third kappa shape index (κ3) is 5.09. The number of carbonyl (C=O) groups excluding carboxylic acids is 2. The smallest absolute Gasteiger partial charge is 0.233 e. The number of carbonyl (C=O) groups is 2. The Labute approximate surface area is 198 Å². The highest BCUT2D eigenvalue weighted by molar-refractivity contribution is 7.22. The van der Waals surface area contributed by atoms with E-state index in [4.69, 9.17) is 9.72 Å². The van der Waals surface area contributed by atoms with E-state index in [0.717, 1.165) is 53.2 Å².